The van der Waals surface area contributed by atoms with Gasteiger partial charge in [0.2, 0.25) is 5.78 Å². The number of halogens is 1. The number of Topliss-reactive ketones (excluding diaryl/α,β-unsaturated/α-hetero) is 1. The Labute approximate surface area is 179 Å². The summed E-state index contributed by atoms with van der Waals surface area (Å²) in [6.45, 7) is 6.97. The molecule has 0 bridgehead atoms. The van der Waals surface area contributed by atoms with Gasteiger partial charge < -0.3 is 9.47 Å². The predicted octanol–water partition coefficient (Wildman–Crippen LogP) is 4.31. The lowest BCUT2D eigenvalue weighted by Gasteiger charge is -2.19. The lowest BCUT2D eigenvalue weighted by Crippen LogP contribution is -2.27. The molecule has 2 rings (SSSR count). The molecule has 1 amide bonds. The number of hydrogen-bond acceptors (Lipinski definition) is 7. The Morgan fingerprint density at radius 3 is 2.47 bits per heavy atom. The molecule has 0 aliphatic carbocycles. The Bertz CT molecular complexity index is 965. The Hall–Kier alpha value is -3.26. The van der Waals surface area contributed by atoms with E-state index in [9.17, 15) is 14.4 Å². The SMILES string of the molecule is CCOC(=O)C(=Cc1ccc(NC(=O)OC(C)(C)C)nc1)C(=O)c1cccnc1Cl. The van der Waals surface area contributed by atoms with E-state index >= 15 is 0 Å². The van der Waals surface area contributed by atoms with Crippen molar-refractivity contribution < 1.29 is 23.9 Å². The van der Waals surface area contributed by atoms with Gasteiger partial charge >= 0.3 is 12.1 Å². The molecule has 2 aromatic rings. The first kappa shape index (κ1) is 23.0. The van der Waals surface area contributed by atoms with Crippen LogP contribution >= 0.6 is 11.6 Å². The average Bonchev–Trinajstić information content (AvgIpc) is 2.66. The first-order chi connectivity index (χ1) is 14.1. The molecular weight excluding hydrogens is 410 g/mol. The summed E-state index contributed by atoms with van der Waals surface area (Å²) in [6, 6.07) is 6.11. The van der Waals surface area contributed by atoms with Crippen LogP contribution in [0.5, 0.6) is 0 Å². The van der Waals surface area contributed by atoms with Crippen LogP contribution in [0, 0.1) is 0 Å². The number of carbonyl (C=O) groups is 3. The normalized spacial score (nSPS) is 11.6. The van der Waals surface area contributed by atoms with Crippen molar-refractivity contribution in [3.63, 3.8) is 0 Å². The average molecular weight is 432 g/mol. The maximum Gasteiger partial charge on any atom is 0.413 e. The molecule has 0 radical (unpaired) electrons. The molecule has 9 heteroatoms. The van der Waals surface area contributed by atoms with Crippen molar-refractivity contribution in [2.75, 3.05) is 11.9 Å². The Kier molecular flexibility index (Phi) is 7.66. The van der Waals surface area contributed by atoms with Crippen molar-refractivity contribution >= 4 is 41.3 Å². The first-order valence-electron chi connectivity index (χ1n) is 9.11. The van der Waals surface area contributed by atoms with E-state index in [2.05, 4.69) is 15.3 Å². The maximum absolute atomic E-state index is 12.8. The van der Waals surface area contributed by atoms with Crippen LogP contribution in [0.25, 0.3) is 6.08 Å². The third-order valence-electron chi connectivity index (χ3n) is 3.47. The minimum absolute atomic E-state index is 0.0206. The number of anilines is 1. The molecule has 0 spiro atoms. The van der Waals surface area contributed by atoms with E-state index < -0.39 is 23.4 Å². The number of ether oxygens (including phenoxy) is 2. The van der Waals surface area contributed by atoms with E-state index in [1.165, 1.54) is 30.6 Å². The number of aromatic nitrogens is 2. The number of pyridine rings is 2. The monoisotopic (exact) mass is 431 g/mol. The van der Waals surface area contributed by atoms with E-state index in [0.29, 0.717) is 5.56 Å². The number of hydrogen-bond donors (Lipinski definition) is 1. The predicted molar refractivity (Wildman–Crippen MR) is 112 cm³/mol. The van der Waals surface area contributed by atoms with Gasteiger partial charge in [0.25, 0.3) is 0 Å². The summed E-state index contributed by atoms with van der Waals surface area (Å²) in [5.74, 6) is -1.17. The summed E-state index contributed by atoms with van der Waals surface area (Å²) in [5, 5.41) is 2.48. The van der Waals surface area contributed by atoms with Gasteiger partial charge in [0.1, 0.15) is 22.1 Å². The summed E-state index contributed by atoms with van der Waals surface area (Å²) >= 11 is 5.99. The van der Waals surface area contributed by atoms with E-state index in [1.54, 1.807) is 39.8 Å². The second-order valence-electron chi connectivity index (χ2n) is 7.05. The van der Waals surface area contributed by atoms with Crippen LogP contribution in [-0.2, 0) is 14.3 Å². The standard InChI is InChI=1S/C21H22ClN3O5/c1-5-29-19(27)15(17(26)14-7-6-10-23-18(14)22)11-13-8-9-16(24-12-13)25-20(28)30-21(2,3)4/h6-12H,5H2,1-4H3,(H,24,25,28). The number of carbonyl (C=O) groups excluding carboxylic acids is 3. The zero-order chi connectivity index (χ0) is 22.3. The third kappa shape index (κ3) is 6.66. The molecular formula is C21H22ClN3O5. The number of nitrogens with zero attached hydrogens (tertiary/aromatic N) is 2. The third-order valence-corrected chi connectivity index (χ3v) is 3.77. The molecule has 2 aromatic heterocycles. The van der Waals surface area contributed by atoms with Gasteiger partial charge in [-0.25, -0.2) is 19.6 Å². The highest BCUT2D eigenvalue weighted by Gasteiger charge is 2.23. The van der Waals surface area contributed by atoms with Gasteiger partial charge in [-0.15, -0.1) is 0 Å². The van der Waals surface area contributed by atoms with Gasteiger partial charge in [-0.2, -0.15) is 0 Å². The second kappa shape index (κ2) is 9.98. The lowest BCUT2D eigenvalue weighted by molar-refractivity contribution is -0.137. The van der Waals surface area contributed by atoms with Crippen molar-refractivity contribution in [2.24, 2.45) is 0 Å². The molecule has 0 aliphatic heterocycles. The topological polar surface area (TPSA) is 107 Å². The van der Waals surface area contributed by atoms with Crippen LogP contribution in [0.1, 0.15) is 43.6 Å². The molecule has 1 N–H and O–H groups in total. The zero-order valence-corrected chi connectivity index (χ0v) is 17.8. The van der Waals surface area contributed by atoms with Gasteiger partial charge in [0.05, 0.1) is 12.2 Å². The molecule has 30 heavy (non-hydrogen) atoms. The molecule has 2 heterocycles. The van der Waals surface area contributed by atoms with Crippen molar-refractivity contribution in [1.82, 2.24) is 9.97 Å². The molecule has 0 unspecified atom stereocenters. The fourth-order valence-electron chi connectivity index (χ4n) is 2.27. The maximum atomic E-state index is 12.8. The van der Waals surface area contributed by atoms with Crippen molar-refractivity contribution in [2.45, 2.75) is 33.3 Å². The molecule has 0 aromatic carbocycles. The van der Waals surface area contributed by atoms with Crippen LogP contribution in [0.2, 0.25) is 5.15 Å². The van der Waals surface area contributed by atoms with Gasteiger partial charge in [0, 0.05) is 12.4 Å². The fourth-order valence-corrected chi connectivity index (χ4v) is 2.47. The van der Waals surface area contributed by atoms with Crippen molar-refractivity contribution in [3.8, 4) is 0 Å². The quantitative estimate of drug-likeness (QED) is 0.181. The highest BCUT2D eigenvalue weighted by molar-refractivity contribution is 6.36. The van der Waals surface area contributed by atoms with E-state index in [0.717, 1.165) is 0 Å². The number of esters is 1. The van der Waals surface area contributed by atoms with Crippen LogP contribution < -0.4 is 5.32 Å². The Morgan fingerprint density at radius 2 is 1.90 bits per heavy atom. The molecule has 0 fully saturated rings. The molecule has 158 valence electrons. The van der Waals surface area contributed by atoms with Gasteiger partial charge in [-0.3, -0.25) is 10.1 Å². The smallest absolute Gasteiger partial charge is 0.413 e. The summed E-state index contributed by atoms with van der Waals surface area (Å²) in [6.07, 6.45) is 3.53. The molecule has 0 saturated carbocycles. The largest absolute Gasteiger partial charge is 0.462 e. The molecule has 0 saturated heterocycles. The van der Waals surface area contributed by atoms with Gasteiger partial charge in [0.15, 0.2) is 0 Å². The highest BCUT2D eigenvalue weighted by atomic mass is 35.5. The summed E-state index contributed by atoms with van der Waals surface area (Å²) in [5.41, 5.74) is -0.341. The Morgan fingerprint density at radius 1 is 1.17 bits per heavy atom. The van der Waals surface area contributed by atoms with E-state index in [-0.39, 0.29) is 28.7 Å². The fraction of sp³-hybridized carbons (Fsp3) is 0.286. The Balaban J connectivity index is 2.28. The van der Waals surface area contributed by atoms with Crippen LogP contribution in [-0.4, -0.2) is 40.0 Å². The van der Waals surface area contributed by atoms with Crippen molar-refractivity contribution in [1.29, 1.82) is 0 Å². The number of amides is 1. The highest BCUT2D eigenvalue weighted by Crippen LogP contribution is 2.20. The van der Waals surface area contributed by atoms with Gasteiger partial charge in [-0.1, -0.05) is 11.6 Å². The number of rotatable bonds is 6. The summed E-state index contributed by atoms with van der Waals surface area (Å²) < 4.78 is 10.2. The lowest BCUT2D eigenvalue weighted by atomic mass is 10.0. The zero-order valence-electron chi connectivity index (χ0n) is 17.1. The van der Waals surface area contributed by atoms with E-state index in [4.69, 9.17) is 21.1 Å². The minimum atomic E-state index is -0.793. The van der Waals surface area contributed by atoms with Crippen LogP contribution in [0.15, 0.2) is 42.2 Å². The molecule has 8 nitrogen and oxygen atoms in total. The van der Waals surface area contributed by atoms with Crippen LogP contribution in [0.3, 0.4) is 0 Å². The van der Waals surface area contributed by atoms with Crippen molar-refractivity contribution in [3.05, 3.63) is 58.5 Å². The van der Waals surface area contributed by atoms with E-state index in [1.807, 2.05) is 0 Å². The number of ketones is 1. The molecule has 0 aliphatic rings. The molecule has 0 atom stereocenters. The minimum Gasteiger partial charge on any atom is -0.462 e. The van der Waals surface area contributed by atoms with Crippen LogP contribution in [0.4, 0.5) is 10.6 Å². The number of nitrogens with one attached hydrogen (secondary N) is 1. The first-order valence-corrected chi connectivity index (χ1v) is 9.48. The summed E-state index contributed by atoms with van der Waals surface area (Å²) in [4.78, 5) is 45.0. The van der Waals surface area contributed by atoms with Gasteiger partial charge in [-0.05, 0) is 63.6 Å². The summed E-state index contributed by atoms with van der Waals surface area (Å²) in [7, 11) is 0. The second-order valence-corrected chi connectivity index (χ2v) is 7.41.